The van der Waals surface area contributed by atoms with Crippen molar-refractivity contribution in [3.8, 4) is 0 Å². The first-order valence-electron chi connectivity index (χ1n) is 3.61. The summed E-state index contributed by atoms with van der Waals surface area (Å²) < 4.78 is 24.6. The first kappa shape index (κ1) is 15.2. The van der Waals surface area contributed by atoms with Crippen molar-refractivity contribution >= 4 is 47.2 Å². The van der Waals surface area contributed by atoms with E-state index in [0.29, 0.717) is 0 Å². The summed E-state index contributed by atoms with van der Waals surface area (Å²) in [5.41, 5.74) is 5.28. The summed E-state index contributed by atoms with van der Waals surface area (Å²) >= 11 is 17.0. The predicted octanol–water partition coefficient (Wildman–Crippen LogP) is 4.33. The minimum Gasteiger partial charge on any atom is -0.319 e. The second-order valence-corrected chi connectivity index (χ2v) is 3.87. The van der Waals surface area contributed by atoms with Gasteiger partial charge in [0.15, 0.2) is 0 Å². The Kier molecular flexibility index (Phi) is 6.14. The third-order valence-corrected chi connectivity index (χ3v) is 2.69. The van der Waals surface area contributed by atoms with Gasteiger partial charge in [-0.05, 0) is 17.7 Å². The van der Waals surface area contributed by atoms with Gasteiger partial charge in [0, 0.05) is 5.02 Å². The van der Waals surface area contributed by atoms with E-state index in [1.54, 1.807) is 0 Å². The molecular weight excluding hydrogens is 290 g/mol. The summed E-state index contributed by atoms with van der Waals surface area (Å²) in [7, 11) is 0. The van der Waals surface area contributed by atoms with Gasteiger partial charge in [0.05, 0.1) is 16.1 Å². The minimum atomic E-state index is -2.71. The molecule has 1 aromatic rings. The highest BCUT2D eigenvalue weighted by atomic mass is 35.5. The van der Waals surface area contributed by atoms with Crippen LogP contribution >= 0.6 is 47.2 Å². The zero-order valence-corrected chi connectivity index (χ0v) is 10.3. The topological polar surface area (TPSA) is 26.0 Å². The van der Waals surface area contributed by atoms with Crippen LogP contribution < -0.4 is 5.73 Å². The standard InChI is InChI=1S/C8H6Cl3F2N.ClH/c9-3-1-4(7(14)8(12)13)6(11)5(10)2-3;/h1-2,7-8H,14H2;1H/t7-;/m1./s1. The van der Waals surface area contributed by atoms with Gasteiger partial charge in [-0.25, -0.2) is 8.78 Å². The van der Waals surface area contributed by atoms with Gasteiger partial charge in [-0.3, -0.25) is 0 Å². The molecule has 15 heavy (non-hydrogen) atoms. The monoisotopic (exact) mass is 295 g/mol. The van der Waals surface area contributed by atoms with Crippen molar-refractivity contribution in [3.05, 3.63) is 32.8 Å². The van der Waals surface area contributed by atoms with Gasteiger partial charge in [0.25, 0.3) is 6.43 Å². The maximum absolute atomic E-state index is 12.3. The average molecular weight is 297 g/mol. The maximum atomic E-state index is 12.3. The molecule has 0 aliphatic carbocycles. The molecule has 0 bridgehead atoms. The molecular formula is C8H7Cl4F2N. The fourth-order valence-corrected chi connectivity index (χ4v) is 1.70. The van der Waals surface area contributed by atoms with Gasteiger partial charge in [0.1, 0.15) is 0 Å². The van der Waals surface area contributed by atoms with E-state index in [1.807, 2.05) is 0 Å². The number of hydrogen-bond donors (Lipinski definition) is 1. The lowest BCUT2D eigenvalue weighted by molar-refractivity contribution is 0.116. The normalized spacial score (nSPS) is 12.5. The van der Waals surface area contributed by atoms with Crippen LogP contribution in [0.4, 0.5) is 8.78 Å². The number of benzene rings is 1. The fraction of sp³-hybridized carbons (Fsp3) is 0.250. The number of hydrogen-bond acceptors (Lipinski definition) is 1. The van der Waals surface area contributed by atoms with Crippen molar-refractivity contribution in [3.63, 3.8) is 0 Å². The Hall–Kier alpha value is 0.200. The molecule has 0 saturated carbocycles. The molecule has 0 spiro atoms. The van der Waals surface area contributed by atoms with Gasteiger partial charge in [-0.1, -0.05) is 34.8 Å². The van der Waals surface area contributed by atoms with E-state index in [9.17, 15) is 8.78 Å². The van der Waals surface area contributed by atoms with E-state index in [-0.39, 0.29) is 33.0 Å². The molecule has 0 heterocycles. The van der Waals surface area contributed by atoms with Crippen LogP contribution in [0.1, 0.15) is 11.6 Å². The average Bonchev–Trinajstić information content (AvgIpc) is 2.09. The first-order valence-corrected chi connectivity index (χ1v) is 4.75. The van der Waals surface area contributed by atoms with Crippen LogP contribution in [0, 0.1) is 0 Å². The summed E-state index contributed by atoms with van der Waals surface area (Å²) in [6.07, 6.45) is -2.71. The Morgan fingerprint density at radius 2 is 1.67 bits per heavy atom. The van der Waals surface area contributed by atoms with E-state index < -0.39 is 12.5 Å². The Balaban J connectivity index is 0.00000196. The van der Waals surface area contributed by atoms with E-state index >= 15 is 0 Å². The van der Waals surface area contributed by atoms with Gasteiger partial charge >= 0.3 is 0 Å². The number of halogens is 6. The molecule has 0 unspecified atom stereocenters. The highest BCUT2D eigenvalue weighted by Gasteiger charge is 2.21. The predicted molar refractivity (Wildman–Crippen MR) is 61.7 cm³/mol. The van der Waals surface area contributed by atoms with Gasteiger partial charge in [-0.15, -0.1) is 12.4 Å². The van der Waals surface area contributed by atoms with Crippen LogP contribution in [0.2, 0.25) is 15.1 Å². The van der Waals surface area contributed by atoms with Crippen LogP contribution in [-0.4, -0.2) is 6.43 Å². The molecule has 0 aliphatic heterocycles. The Morgan fingerprint density at radius 1 is 1.13 bits per heavy atom. The minimum absolute atomic E-state index is 0. The fourth-order valence-electron chi connectivity index (χ4n) is 0.954. The van der Waals surface area contributed by atoms with Crippen molar-refractivity contribution in [2.45, 2.75) is 12.5 Å². The molecule has 86 valence electrons. The summed E-state index contributed by atoms with van der Waals surface area (Å²) in [6, 6.07) is 1.18. The lowest BCUT2D eigenvalue weighted by Crippen LogP contribution is -2.19. The molecule has 7 heteroatoms. The second-order valence-electron chi connectivity index (χ2n) is 2.65. The third-order valence-electron chi connectivity index (χ3n) is 1.65. The molecule has 0 amide bonds. The van der Waals surface area contributed by atoms with E-state index in [4.69, 9.17) is 40.5 Å². The van der Waals surface area contributed by atoms with Crippen LogP contribution in [0.5, 0.6) is 0 Å². The molecule has 1 nitrogen and oxygen atoms in total. The van der Waals surface area contributed by atoms with Crippen molar-refractivity contribution < 1.29 is 8.78 Å². The Morgan fingerprint density at radius 3 is 2.13 bits per heavy atom. The summed E-state index contributed by atoms with van der Waals surface area (Å²) in [6.45, 7) is 0. The first-order chi connectivity index (χ1) is 6.43. The van der Waals surface area contributed by atoms with Crippen LogP contribution in [0.3, 0.4) is 0 Å². The van der Waals surface area contributed by atoms with Crippen molar-refractivity contribution in [1.82, 2.24) is 0 Å². The Bertz CT molecular complexity index is 346. The number of rotatable bonds is 2. The van der Waals surface area contributed by atoms with Crippen LogP contribution in [-0.2, 0) is 0 Å². The molecule has 1 aromatic carbocycles. The van der Waals surface area contributed by atoms with Crippen molar-refractivity contribution in [1.29, 1.82) is 0 Å². The zero-order valence-electron chi connectivity index (χ0n) is 7.18. The molecule has 0 saturated heterocycles. The highest BCUT2D eigenvalue weighted by molar-refractivity contribution is 6.43. The summed E-state index contributed by atoms with van der Waals surface area (Å²) in [4.78, 5) is 0. The second kappa shape index (κ2) is 6.06. The number of nitrogens with two attached hydrogens (primary N) is 1. The molecule has 0 aromatic heterocycles. The molecule has 1 rings (SSSR count). The van der Waals surface area contributed by atoms with Crippen molar-refractivity contribution in [2.75, 3.05) is 0 Å². The van der Waals surface area contributed by atoms with E-state index in [0.717, 1.165) is 0 Å². The third kappa shape index (κ3) is 3.61. The Labute approximate surface area is 107 Å². The zero-order chi connectivity index (χ0) is 10.9. The van der Waals surface area contributed by atoms with E-state index in [1.165, 1.54) is 12.1 Å². The quantitative estimate of drug-likeness (QED) is 0.808. The van der Waals surface area contributed by atoms with E-state index in [2.05, 4.69) is 0 Å². The smallest absolute Gasteiger partial charge is 0.257 e. The molecule has 0 radical (unpaired) electrons. The summed E-state index contributed by atoms with van der Waals surface area (Å²) in [5.74, 6) is 0. The maximum Gasteiger partial charge on any atom is 0.257 e. The van der Waals surface area contributed by atoms with Gasteiger partial charge in [0.2, 0.25) is 0 Å². The molecule has 1 atom stereocenters. The molecule has 0 fully saturated rings. The SMILES string of the molecule is Cl.N[C@H](c1cc(Cl)cc(Cl)c1Cl)C(F)F. The largest absolute Gasteiger partial charge is 0.319 e. The van der Waals surface area contributed by atoms with Crippen LogP contribution in [0.15, 0.2) is 12.1 Å². The molecule has 0 aliphatic rings. The lowest BCUT2D eigenvalue weighted by atomic mass is 10.1. The van der Waals surface area contributed by atoms with Gasteiger partial charge < -0.3 is 5.73 Å². The number of alkyl halides is 2. The lowest BCUT2D eigenvalue weighted by Gasteiger charge is -2.13. The summed E-state index contributed by atoms with van der Waals surface area (Å²) in [5, 5.41) is 0.361. The van der Waals surface area contributed by atoms with Crippen molar-refractivity contribution in [2.24, 2.45) is 5.73 Å². The molecule has 2 N–H and O–H groups in total. The van der Waals surface area contributed by atoms with Gasteiger partial charge in [-0.2, -0.15) is 0 Å². The highest BCUT2D eigenvalue weighted by Crippen LogP contribution is 2.34. The van der Waals surface area contributed by atoms with Crippen LogP contribution in [0.25, 0.3) is 0 Å².